The summed E-state index contributed by atoms with van der Waals surface area (Å²) in [6, 6.07) is 5.58. The molecule has 0 aliphatic heterocycles. The van der Waals surface area contributed by atoms with Crippen LogP contribution in [0.25, 0.3) is 0 Å². The van der Waals surface area contributed by atoms with E-state index in [4.69, 9.17) is 0 Å². The standard InChI is InChI=1S/C16H21N5O/c1-3-4-9-21(2)15-12-18-14(11-19-15)16(22)20-10-13-7-5-6-8-17-13/h5-8,11-12H,3-4,9-10H2,1-2H3,(H,20,22). The van der Waals surface area contributed by atoms with Gasteiger partial charge in [-0.05, 0) is 18.6 Å². The number of nitrogens with zero attached hydrogens (tertiary/aromatic N) is 4. The van der Waals surface area contributed by atoms with E-state index in [1.165, 1.54) is 6.20 Å². The summed E-state index contributed by atoms with van der Waals surface area (Å²) in [6.45, 7) is 3.45. The molecule has 0 radical (unpaired) electrons. The van der Waals surface area contributed by atoms with Crippen LogP contribution in [-0.4, -0.2) is 34.5 Å². The van der Waals surface area contributed by atoms with Gasteiger partial charge in [-0.3, -0.25) is 9.78 Å². The van der Waals surface area contributed by atoms with E-state index in [0.717, 1.165) is 30.9 Å². The van der Waals surface area contributed by atoms with E-state index in [9.17, 15) is 4.79 Å². The van der Waals surface area contributed by atoms with Crippen LogP contribution in [0.2, 0.25) is 0 Å². The molecule has 0 unspecified atom stereocenters. The molecule has 0 aromatic carbocycles. The van der Waals surface area contributed by atoms with Gasteiger partial charge in [0.2, 0.25) is 0 Å². The van der Waals surface area contributed by atoms with Crippen molar-refractivity contribution >= 4 is 11.7 Å². The van der Waals surface area contributed by atoms with E-state index in [0.29, 0.717) is 12.2 Å². The lowest BCUT2D eigenvalue weighted by atomic mass is 10.3. The summed E-state index contributed by atoms with van der Waals surface area (Å²) in [5, 5.41) is 2.78. The summed E-state index contributed by atoms with van der Waals surface area (Å²) in [5.74, 6) is 0.524. The van der Waals surface area contributed by atoms with Crippen molar-refractivity contribution in [2.45, 2.75) is 26.3 Å². The highest BCUT2D eigenvalue weighted by molar-refractivity contribution is 5.91. The predicted molar refractivity (Wildman–Crippen MR) is 85.6 cm³/mol. The molecule has 1 N–H and O–H groups in total. The molecular formula is C16H21N5O. The molecule has 2 aromatic rings. The van der Waals surface area contributed by atoms with Gasteiger partial charge in [0.05, 0.1) is 24.6 Å². The number of carbonyl (C=O) groups is 1. The molecule has 0 aliphatic rings. The Hall–Kier alpha value is -2.50. The summed E-state index contributed by atoms with van der Waals surface area (Å²) in [4.78, 5) is 26.7. The number of hydrogen-bond donors (Lipinski definition) is 1. The third kappa shape index (κ3) is 4.51. The zero-order chi connectivity index (χ0) is 15.8. The van der Waals surface area contributed by atoms with Crippen molar-refractivity contribution < 1.29 is 4.79 Å². The minimum absolute atomic E-state index is 0.249. The number of aromatic nitrogens is 3. The Morgan fingerprint density at radius 3 is 2.73 bits per heavy atom. The lowest BCUT2D eigenvalue weighted by Gasteiger charge is -2.17. The number of anilines is 1. The lowest BCUT2D eigenvalue weighted by Crippen LogP contribution is -2.25. The van der Waals surface area contributed by atoms with Crippen molar-refractivity contribution in [2.75, 3.05) is 18.5 Å². The molecule has 2 rings (SSSR count). The van der Waals surface area contributed by atoms with Gasteiger partial charge in [0.25, 0.3) is 5.91 Å². The Morgan fingerprint density at radius 1 is 1.23 bits per heavy atom. The predicted octanol–water partition coefficient (Wildman–Crippen LogP) is 2.04. The highest BCUT2D eigenvalue weighted by Gasteiger charge is 2.09. The maximum atomic E-state index is 12.0. The second-order valence-corrected chi connectivity index (χ2v) is 5.04. The first-order valence-electron chi connectivity index (χ1n) is 7.42. The van der Waals surface area contributed by atoms with Crippen LogP contribution in [0, 0.1) is 0 Å². The van der Waals surface area contributed by atoms with Crippen LogP contribution in [-0.2, 0) is 6.54 Å². The minimum Gasteiger partial charge on any atom is -0.358 e. The average molecular weight is 299 g/mol. The van der Waals surface area contributed by atoms with Crippen molar-refractivity contribution in [1.29, 1.82) is 0 Å². The topological polar surface area (TPSA) is 71.0 Å². The summed E-state index contributed by atoms with van der Waals surface area (Å²) < 4.78 is 0. The van der Waals surface area contributed by atoms with Gasteiger partial charge >= 0.3 is 0 Å². The minimum atomic E-state index is -0.249. The fourth-order valence-electron chi connectivity index (χ4n) is 1.91. The van der Waals surface area contributed by atoms with Crippen molar-refractivity contribution in [3.8, 4) is 0 Å². The fourth-order valence-corrected chi connectivity index (χ4v) is 1.91. The monoisotopic (exact) mass is 299 g/mol. The van der Waals surface area contributed by atoms with Crippen molar-refractivity contribution in [3.63, 3.8) is 0 Å². The van der Waals surface area contributed by atoms with Gasteiger partial charge in [-0.15, -0.1) is 0 Å². The first-order chi connectivity index (χ1) is 10.7. The van der Waals surface area contributed by atoms with Crippen molar-refractivity contribution in [1.82, 2.24) is 20.3 Å². The summed E-state index contributed by atoms with van der Waals surface area (Å²) in [6.07, 6.45) is 7.06. The molecule has 1 amide bonds. The van der Waals surface area contributed by atoms with Crippen LogP contribution in [0.15, 0.2) is 36.8 Å². The molecule has 0 atom stereocenters. The maximum absolute atomic E-state index is 12.0. The Labute approximate surface area is 130 Å². The second-order valence-electron chi connectivity index (χ2n) is 5.04. The van der Waals surface area contributed by atoms with E-state index >= 15 is 0 Å². The summed E-state index contributed by atoms with van der Waals surface area (Å²) in [5.41, 5.74) is 1.11. The van der Waals surface area contributed by atoms with Gasteiger partial charge < -0.3 is 10.2 Å². The average Bonchev–Trinajstić information content (AvgIpc) is 2.58. The van der Waals surface area contributed by atoms with E-state index in [1.54, 1.807) is 12.4 Å². The molecule has 6 heteroatoms. The number of carbonyl (C=O) groups excluding carboxylic acids is 1. The number of rotatable bonds is 7. The van der Waals surface area contributed by atoms with E-state index in [-0.39, 0.29) is 5.91 Å². The van der Waals surface area contributed by atoms with Crippen molar-refractivity contribution in [2.24, 2.45) is 0 Å². The zero-order valence-electron chi connectivity index (χ0n) is 13.0. The Bertz CT molecular complexity index is 585. The van der Waals surface area contributed by atoms with Gasteiger partial charge in [-0.2, -0.15) is 0 Å². The van der Waals surface area contributed by atoms with E-state index < -0.39 is 0 Å². The first-order valence-corrected chi connectivity index (χ1v) is 7.42. The number of nitrogens with one attached hydrogen (secondary N) is 1. The number of amides is 1. The smallest absolute Gasteiger partial charge is 0.271 e. The van der Waals surface area contributed by atoms with Gasteiger partial charge in [-0.25, -0.2) is 9.97 Å². The van der Waals surface area contributed by atoms with E-state index in [2.05, 4.69) is 27.2 Å². The van der Waals surface area contributed by atoms with Crippen LogP contribution < -0.4 is 10.2 Å². The van der Waals surface area contributed by atoms with Crippen LogP contribution in [0.1, 0.15) is 35.9 Å². The Kier molecular flexibility index (Phi) is 5.82. The quantitative estimate of drug-likeness (QED) is 0.847. The lowest BCUT2D eigenvalue weighted by molar-refractivity contribution is 0.0945. The molecule has 0 bridgehead atoms. The summed E-state index contributed by atoms with van der Waals surface area (Å²) in [7, 11) is 1.97. The van der Waals surface area contributed by atoms with Gasteiger partial charge in [0.1, 0.15) is 11.5 Å². The van der Waals surface area contributed by atoms with Gasteiger partial charge in [-0.1, -0.05) is 19.4 Å². The Morgan fingerprint density at radius 2 is 2.09 bits per heavy atom. The molecule has 22 heavy (non-hydrogen) atoms. The molecule has 2 aromatic heterocycles. The van der Waals surface area contributed by atoms with Crippen molar-refractivity contribution in [3.05, 3.63) is 48.2 Å². The molecule has 2 heterocycles. The highest BCUT2D eigenvalue weighted by Crippen LogP contribution is 2.08. The van der Waals surface area contributed by atoms with Crippen LogP contribution >= 0.6 is 0 Å². The maximum Gasteiger partial charge on any atom is 0.271 e. The third-order valence-electron chi connectivity index (χ3n) is 3.27. The van der Waals surface area contributed by atoms with Crippen LogP contribution in [0.4, 0.5) is 5.82 Å². The largest absolute Gasteiger partial charge is 0.358 e. The van der Waals surface area contributed by atoms with Crippen LogP contribution in [0.3, 0.4) is 0 Å². The molecule has 6 nitrogen and oxygen atoms in total. The molecule has 0 fully saturated rings. The number of pyridine rings is 1. The zero-order valence-corrected chi connectivity index (χ0v) is 13.0. The normalized spacial score (nSPS) is 10.3. The number of hydrogen-bond acceptors (Lipinski definition) is 5. The van der Waals surface area contributed by atoms with Gasteiger partial charge in [0.15, 0.2) is 0 Å². The second kappa shape index (κ2) is 8.07. The first kappa shape index (κ1) is 15.9. The number of unbranched alkanes of at least 4 members (excludes halogenated alkanes) is 1. The molecule has 0 aliphatic carbocycles. The molecule has 0 spiro atoms. The Balaban J connectivity index is 1.90. The molecule has 0 saturated carbocycles. The summed E-state index contributed by atoms with van der Waals surface area (Å²) >= 11 is 0. The fraction of sp³-hybridized carbons (Fsp3) is 0.375. The highest BCUT2D eigenvalue weighted by atomic mass is 16.1. The van der Waals surface area contributed by atoms with Crippen LogP contribution in [0.5, 0.6) is 0 Å². The van der Waals surface area contributed by atoms with Gasteiger partial charge in [0, 0.05) is 19.8 Å². The SMILES string of the molecule is CCCCN(C)c1cnc(C(=O)NCc2ccccn2)cn1. The molecule has 116 valence electrons. The van der Waals surface area contributed by atoms with E-state index in [1.807, 2.05) is 30.1 Å². The molecule has 0 saturated heterocycles. The third-order valence-corrected chi connectivity index (χ3v) is 3.27. The molecular weight excluding hydrogens is 278 g/mol.